The fraction of sp³-hybridized carbons (Fsp3) is 0.500. The van der Waals surface area contributed by atoms with Gasteiger partial charge in [0.25, 0.3) is 0 Å². The molecule has 0 aromatic heterocycles. The second-order valence-corrected chi connectivity index (χ2v) is 1.57. The molecule has 0 amide bonds. The molecule has 0 aliphatic heterocycles. The Morgan fingerprint density at radius 1 is 1.78 bits per heavy atom. The van der Waals surface area contributed by atoms with Crippen LogP contribution >= 0.6 is 0 Å². The summed E-state index contributed by atoms with van der Waals surface area (Å²) in [5.74, 6) is 4.19. The first-order valence-corrected chi connectivity index (χ1v) is 2.82. The standard InChI is InChI=1S/C6H11NO2/c1-3-5(4-2)6(8)9-7/h3H,4,7H2,1-2H3/b5-3+. The number of rotatable bonds is 2. The highest BCUT2D eigenvalue weighted by Gasteiger charge is 2.04. The van der Waals surface area contributed by atoms with Crippen LogP contribution in [0.5, 0.6) is 0 Å². The van der Waals surface area contributed by atoms with Crippen LogP contribution in [-0.2, 0) is 9.63 Å². The summed E-state index contributed by atoms with van der Waals surface area (Å²) < 4.78 is 0. The molecule has 52 valence electrons. The van der Waals surface area contributed by atoms with E-state index >= 15 is 0 Å². The highest BCUT2D eigenvalue weighted by molar-refractivity contribution is 5.87. The largest absolute Gasteiger partial charge is 0.370 e. The van der Waals surface area contributed by atoms with Crippen LogP contribution in [0.1, 0.15) is 20.3 Å². The molecule has 0 spiro atoms. The lowest BCUT2D eigenvalue weighted by molar-refractivity contribution is -0.139. The highest BCUT2D eigenvalue weighted by atomic mass is 16.7. The molecular weight excluding hydrogens is 118 g/mol. The fourth-order valence-electron chi connectivity index (χ4n) is 0.542. The zero-order chi connectivity index (χ0) is 7.28. The Bertz CT molecular complexity index is 129. The molecule has 0 atom stereocenters. The Hall–Kier alpha value is -0.830. The van der Waals surface area contributed by atoms with Gasteiger partial charge in [-0.25, -0.2) is 4.79 Å². The minimum atomic E-state index is -0.444. The SMILES string of the molecule is C/C=C(\CC)C(=O)ON. The monoisotopic (exact) mass is 129 g/mol. The van der Waals surface area contributed by atoms with Crippen LogP contribution in [0.4, 0.5) is 0 Å². The van der Waals surface area contributed by atoms with Crippen molar-refractivity contribution in [1.29, 1.82) is 0 Å². The van der Waals surface area contributed by atoms with Gasteiger partial charge in [-0.3, -0.25) is 0 Å². The van der Waals surface area contributed by atoms with E-state index in [4.69, 9.17) is 0 Å². The van der Waals surface area contributed by atoms with E-state index in [1.807, 2.05) is 6.92 Å². The van der Waals surface area contributed by atoms with Crippen LogP contribution in [0, 0.1) is 0 Å². The van der Waals surface area contributed by atoms with Crippen LogP contribution in [0.2, 0.25) is 0 Å². The average molecular weight is 129 g/mol. The Labute approximate surface area is 54.4 Å². The summed E-state index contributed by atoms with van der Waals surface area (Å²) in [4.78, 5) is 14.5. The van der Waals surface area contributed by atoms with Crippen molar-refractivity contribution in [2.75, 3.05) is 0 Å². The summed E-state index contributed by atoms with van der Waals surface area (Å²) in [5.41, 5.74) is 0.609. The van der Waals surface area contributed by atoms with Crippen molar-refractivity contribution in [3.63, 3.8) is 0 Å². The van der Waals surface area contributed by atoms with Gasteiger partial charge in [0.15, 0.2) is 0 Å². The van der Waals surface area contributed by atoms with Gasteiger partial charge >= 0.3 is 5.97 Å². The van der Waals surface area contributed by atoms with Crippen molar-refractivity contribution >= 4 is 5.97 Å². The summed E-state index contributed by atoms with van der Waals surface area (Å²) in [6, 6.07) is 0. The highest BCUT2D eigenvalue weighted by Crippen LogP contribution is 2.00. The minimum absolute atomic E-state index is 0.444. The first-order chi connectivity index (χ1) is 4.26. The first kappa shape index (κ1) is 8.17. The number of carbonyl (C=O) groups excluding carboxylic acids is 1. The van der Waals surface area contributed by atoms with Gasteiger partial charge in [-0.2, -0.15) is 5.90 Å². The van der Waals surface area contributed by atoms with Crippen LogP contribution in [-0.4, -0.2) is 5.97 Å². The second-order valence-electron chi connectivity index (χ2n) is 1.57. The number of allylic oxidation sites excluding steroid dienone is 1. The molecule has 0 aromatic carbocycles. The van der Waals surface area contributed by atoms with E-state index in [0.29, 0.717) is 12.0 Å². The molecular formula is C6H11NO2. The van der Waals surface area contributed by atoms with E-state index in [0.717, 1.165) is 0 Å². The third-order valence-corrected chi connectivity index (χ3v) is 1.10. The van der Waals surface area contributed by atoms with Crippen LogP contribution in [0.15, 0.2) is 11.6 Å². The molecule has 9 heavy (non-hydrogen) atoms. The van der Waals surface area contributed by atoms with Crippen LogP contribution in [0.3, 0.4) is 0 Å². The van der Waals surface area contributed by atoms with Gasteiger partial charge in [-0.1, -0.05) is 13.0 Å². The molecule has 0 rings (SSSR count). The lowest BCUT2D eigenvalue weighted by Gasteiger charge is -1.97. The van der Waals surface area contributed by atoms with Crippen LogP contribution in [0.25, 0.3) is 0 Å². The molecule has 3 heteroatoms. The molecule has 0 unspecified atom stereocenters. The van der Waals surface area contributed by atoms with E-state index in [1.165, 1.54) is 0 Å². The lowest BCUT2D eigenvalue weighted by Crippen LogP contribution is -2.11. The summed E-state index contributed by atoms with van der Waals surface area (Å²) in [7, 11) is 0. The third kappa shape index (κ3) is 2.28. The Morgan fingerprint density at radius 3 is 2.44 bits per heavy atom. The van der Waals surface area contributed by atoms with Crippen molar-refractivity contribution in [2.45, 2.75) is 20.3 Å². The lowest BCUT2D eigenvalue weighted by atomic mass is 10.2. The van der Waals surface area contributed by atoms with Crippen molar-refractivity contribution in [3.05, 3.63) is 11.6 Å². The molecule has 0 saturated carbocycles. The van der Waals surface area contributed by atoms with Gasteiger partial charge < -0.3 is 4.84 Å². The van der Waals surface area contributed by atoms with Gasteiger partial charge in [-0.15, -0.1) is 0 Å². The van der Waals surface area contributed by atoms with E-state index in [-0.39, 0.29) is 0 Å². The molecule has 0 fully saturated rings. The van der Waals surface area contributed by atoms with E-state index in [9.17, 15) is 4.79 Å². The Morgan fingerprint density at radius 2 is 2.33 bits per heavy atom. The van der Waals surface area contributed by atoms with Crippen LogP contribution < -0.4 is 5.90 Å². The van der Waals surface area contributed by atoms with Crippen molar-refractivity contribution in [2.24, 2.45) is 5.90 Å². The maximum absolute atomic E-state index is 10.6. The molecule has 2 N–H and O–H groups in total. The van der Waals surface area contributed by atoms with Gasteiger partial charge in [0, 0.05) is 5.57 Å². The molecule has 0 heterocycles. The number of carbonyl (C=O) groups is 1. The van der Waals surface area contributed by atoms with Crippen molar-refractivity contribution < 1.29 is 9.63 Å². The van der Waals surface area contributed by atoms with Gasteiger partial charge in [0.1, 0.15) is 0 Å². The predicted molar refractivity (Wildman–Crippen MR) is 34.3 cm³/mol. The molecule has 3 nitrogen and oxygen atoms in total. The zero-order valence-corrected chi connectivity index (χ0v) is 5.68. The fourth-order valence-corrected chi connectivity index (χ4v) is 0.542. The van der Waals surface area contributed by atoms with Crippen molar-refractivity contribution in [1.82, 2.24) is 0 Å². The average Bonchev–Trinajstić information content (AvgIpc) is 1.90. The molecule has 0 aromatic rings. The van der Waals surface area contributed by atoms with Gasteiger partial charge in [0.2, 0.25) is 0 Å². The summed E-state index contributed by atoms with van der Waals surface area (Å²) in [6.45, 7) is 3.64. The molecule has 0 aliphatic carbocycles. The molecule has 0 bridgehead atoms. The normalized spacial score (nSPS) is 11.2. The smallest absolute Gasteiger partial charge is 0.352 e. The van der Waals surface area contributed by atoms with E-state index in [2.05, 4.69) is 10.7 Å². The van der Waals surface area contributed by atoms with Gasteiger partial charge in [-0.05, 0) is 13.3 Å². The molecule has 0 radical (unpaired) electrons. The zero-order valence-electron chi connectivity index (χ0n) is 5.68. The maximum Gasteiger partial charge on any atom is 0.352 e. The van der Waals surface area contributed by atoms with Crippen molar-refractivity contribution in [3.8, 4) is 0 Å². The van der Waals surface area contributed by atoms with E-state index < -0.39 is 5.97 Å². The topological polar surface area (TPSA) is 52.3 Å². The summed E-state index contributed by atoms with van der Waals surface area (Å²) in [5, 5.41) is 0. The summed E-state index contributed by atoms with van der Waals surface area (Å²) in [6.07, 6.45) is 2.35. The van der Waals surface area contributed by atoms with Gasteiger partial charge in [0.05, 0.1) is 0 Å². The third-order valence-electron chi connectivity index (χ3n) is 1.10. The maximum atomic E-state index is 10.6. The first-order valence-electron chi connectivity index (χ1n) is 2.82. The summed E-state index contributed by atoms with van der Waals surface area (Å²) >= 11 is 0. The predicted octanol–water partition coefficient (Wildman–Crippen LogP) is 0.760. The number of hydrogen-bond donors (Lipinski definition) is 1. The minimum Gasteiger partial charge on any atom is -0.370 e. The Kier molecular flexibility index (Phi) is 3.71. The molecule has 0 saturated heterocycles. The number of hydrogen-bond acceptors (Lipinski definition) is 3. The quantitative estimate of drug-likeness (QED) is 0.442. The van der Waals surface area contributed by atoms with E-state index in [1.54, 1.807) is 13.0 Å². The Balaban J connectivity index is 3.97. The number of nitrogens with two attached hydrogens (primary N) is 1. The molecule has 0 aliphatic rings. The second kappa shape index (κ2) is 4.09.